The summed E-state index contributed by atoms with van der Waals surface area (Å²) in [5.74, 6) is 0.453. The van der Waals surface area contributed by atoms with E-state index in [1.54, 1.807) is 10.6 Å². The Bertz CT molecular complexity index is 1090. The molecule has 7 nitrogen and oxygen atoms in total. The summed E-state index contributed by atoms with van der Waals surface area (Å²) < 4.78 is 7.15. The highest BCUT2D eigenvalue weighted by Crippen LogP contribution is 2.24. The van der Waals surface area contributed by atoms with E-state index in [0.29, 0.717) is 36.6 Å². The normalized spacial score (nSPS) is 16.5. The number of hydrazone groups is 1. The third kappa shape index (κ3) is 4.13. The molecule has 0 amide bonds. The van der Waals surface area contributed by atoms with Gasteiger partial charge < -0.3 is 4.74 Å². The maximum absolute atomic E-state index is 12.8. The second-order valence-corrected chi connectivity index (χ2v) is 7.33. The van der Waals surface area contributed by atoms with Gasteiger partial charge in [0, 0.05) is 19.6 Å². The van der Waals surface area contributed by atoms with Gasteiger partial charge in [-0.25, -0.2) is 10.4 Å². The molecular formula is C23H27N5O2. The first-order chi connectivity index (χ1) is 14.7. The molecule has 0 bridgehead atoms. The molecule has 4 rings (SSSR count). The van der Waals surface area contributed by atoms with Crippen LogP contribution in [0.15, 0.2) is 64.5 Å². The minimum absolute atomic E-state index is 0.0323. The number of benzene rings is 2. The second-order valence-electron chi connectivity index (χ2n) is 7.33. The van der Waals surface area contributed by atoms with E-state index in [1.165, 1.54) is 5.56 Å². The monoisotopic (exact) mass is 405 g/mol. The Balaban J connectivity index is 1.68. The van der Waals surface area contributed by atoms with Crippen molar-refractivity contribution in [1.82, 2.24) is 14.5 Å². The standard InChI is InChI=1S/C23H27N5O2/c1-3-28-22(29)19-11-7-8-12-20(19)24-23(28)26-25-17(2)21(18-9-5-4-6-10-18)27-13-15-30-16-14-27/h4-12,21H,3,13-16H2,1-2H3,(H,24,26)/b25-17-/t21-/m1/s1. The molecule has 0 spiro atoms. The molecule has 30 heavy (non-hydrogen) atoms. The van der Waals surface area contributed by atoms with Crippen LogP contribution in [0, 0.1) is 0 Å². The van der Waals surface area contributed by atoms with Gasteiger partial charge in [0.2, 0.25) is 5.95 Å². The summed E-state index contributed by atoms with van der Waals surface area (Å²) in [6, 6.07) is 17.8. The largest absolute Gasteiger partial charge is 0.379 e. The molecular weight excluding hydrogens is 378 g/mol. The van der Waals surface area contributed by atoms with Gasteiger partial charge in [-0.3, -0.25) is 14.3 Å². The molecule has 0 saturated carbocycles. The van der Waals surface area contributed by atoms with Gasteiger partial charge in [-0.2, -0.15) is 5.10 Å². The van der Waals surface area contributed by atoms with Crippen molar-refractivity contribution >= 4 is 22.6 Å². The van der Waals surface area contributed by atoms with Gasteiger partial charge in [-0.15, -0.1) is 0 Å². The minimum atomic E-state index is -0.0637. The molecule has 1 saturated heterocycles. The smallest absolute Gasteiger partial charge is 0.262 e. The molecule has 1 N–H and O–H groups in total. The number of rotatable bonds is 6. The van der Waals surface area contributed by atoms with E-state index < -0.39 is 0 Å². The number of fused-ring (bicyclic) bond motifs is 1. The average molecular weight is 406 g/mol. The van der Waals surface area contributed by atoms with Crippen molar-refractivity contribution in [2.45, 2.75) is 26.4 Å². The first-order valence-electron chi connectivity index (χ1n) is 10.4. The highest BCUT2D eigenvalue weighted by molar-refractivity contribution is 5.89. The molecule has 2 heterocycles. The number of morpholine rings is 1. The highest BCUT2D eigenvalue weighted by atomic mass is 16.5. The molecule has 2 aromatic carbocycles. The van der Waals surface area contributed by atoms with E-state index in [-0.39, 0.29) is 11.6 Å². The van der Waals surface area contributed by atoms with E-state index in [0.717, 1.165) is 18.8 Å². The SMILES string of the molecule is CCn1c(N/N=C(/C)[C@H](c2ccccc2)N2CCOCC2)nc2ccccc2c1=O. The van der Waals surface area contributed by atoms with E-state index in [4.69, 9.17) is 4.74 Å². The van der Waals surface area contributed by atoms with Crippen molar-refractivity contribution in [3.63, 3.8) is 0 Å². The molecule has 156 valence electrons. The fraction of sp³-hybridized carbons (Fsp3) is 0.348. The number of nitrogens with zero attached hydrogens (tertiary/aromatic N) is 4. The summed E-state index contributed by atoms with van der Waals surface area (Å²) in [4.78, 5) is 19.8. The van der Waals surface area contributed by atoms with Crippen LogP contribution in [-0.2, 0) is 11.3 Å². The van der Waals surface area contributed by atoms with Crippen LogP contribution >= 0.6 is 0 Å². The van der Waals surface area contributed by atoms with E-state index in [1.807, 2.05) is 50.2 Å². The van der Waals surface area contributed by atoms with Crippen LogP contribution in [0.25, 0.3) is 10.9 Å². The van der Waals surface area contributed by atoms with Gasteiger partial charge in [-0.05, 0) is 31.5 Å². The van der Waals surface area contributed by atoms with Crippen LogP contribution in [0.1, 0.15) is 25.5 Å². The average Bonchev–Trinajstić information content (AvgIpc) is 2.79. The lowest BCUT2D eigenvalue weighted by atomic mass is 10.0. The molecule has 1 aliphatic rings. The Kier molecular flexibility index (Phi) is 6.21. The first kappa shape index (κ1) is 20.3. The maximum atomic E-state index is 12.8. The Morgan fingerprint density at radius 2 is 1.83 bits per heavy atom. The third-order valence-corrected chi connectivity index (χ3v) is 5.43. The molecule has 0 unspecified atom stereocenters. The highest BCUT2D eigenvalue weighted by Gasteiger charge is 2.25. The topological polar surface area (TPSA) is 71.8 Å². The van der Waals surface area contributed by atoms with Gasteiger partial charge >= 0.3 is 0 Å². The number of nitrogens with one attached hydrogen (secondary N) is 1. The lowest BCUT2D eigenvalue weighted by molar-refractivity contribution is 0.0286. The summed E-state index contributed by atoms with van der Waals surface area (Å²) in [5, 5.41) is 5.28. The summed E-state index contributed by atoms with van der Waals surface area (Å²) in [6.07, 6.45) is 0. The zero-order valence-corrected chi connectivity index (χ0v) is 17.4. The Labute approximate surface area is 176 Å². The van der Waals surface area contributed by atoms with Crippen molar-refractivity contribution in [3.05, 3.63) is 70.5 Å². The lowest BCUT2D eigenvalue weighted by Crippen LogP contribution is -2.41. The third-order valence-electron chi connectivity index (χ3n) is 5.43. The number of ether oxygens (including phenoxy) is 1. The van der Waals surface area contributed by atoms with Gasteiger partial charge in [0.1, 0.15) is 0 Å². The Morgan fingerprint density at radius 1 is 1.13 bits per heavy atom. The predicted octanol–water partition coefficient (Wildman–Crippen LogP) is 3.28. The summed E-state index contributed by atoms with van der Waals surface area (Å²) >= 11 is 0. The van der Waals surface area contributed by atoms with Crippen molar-refractivity contribution < 1.29 is 4.74 Å². The minimum Gasteiger partial charge on any atom is -0.379 e. The summed E-state index contributed by atoms with van der Waals surface area (Å²) in [5.41, 5.74) is 5.76. The van der Waals surface area contributed by atoms with Gasteiger partial charge in [0.05, 0.1) is 35.9 Å². The summed E-state index contributed by atoms with van der Waals surface area (Å²) in [7, 11) is 0. The quantitative estimate of drug-likeness (QED) is 0.503. The van der Waals surface area contributed by atoms with Crippen molar-refractivity contribution in [1.29, 1.82) is 0 Å². The molecule has 1 atom stereocenters. The molecule has 1 aliphatic heterocycles. The zero-order valence-electron chi connectivity index (χ0n) is 17.4. The van der Waals surface area contributed by atoms with Gasteiger partial charge in [-0.1, -0.05) is 42.5 Å². The molecule has 3 aromatic rings. The van der Waals surface area contributed by atoms with Crippen molar-refractivity contribution in [2.75, 3.05) is 31.7 Å². The Morgan fingerprint density at radius 3 is 2.57 bits per heavy atom. The van der Waals surface area contributed by atoms with Crippen LogP contribution in [0.4, 0.5) is 5.95 Å². The lowest BCUT2D eigenvalue weighted by Gasteiger charge is -2.34. The first-order valence-corrected chi connectivity index (χ1v) is 10.4. The van der Waals surface area contributed by atoms with Crippen molar-refractivity contribution in [2.24, 2.45) is 5.10 Å². The van der Waals surface area contributed by atoms with Crippen LogP contribution in [-0.4, -0.2) is 46.5 Å². The van der Waals surface area contributed by atoms with Gasteiger partial charge in [0.15, 0.2) is 0 Å². The molecule has 0 aliphatic carbocycles. The van der Waals surface area contributed by atoms with Crippen LogP contribution in [0.3, 0.4) is 0 Å². The fourth-order valence-electron chi connectivity index (χ4n) is 3.93. The predicted molar refractivity (Wildman–Crippen MR) is 120 cm³/mol. The second kappa shape index (κ2) is 9.19. The number of para-hydroxylation sites is 1. The number of hydrogen-bond donors (Lipinski definition) is 1. The number of hydrogen-bond acceptors (Lipinski definition) is 6. The van der Waals surface area contributed by atoms with Crippen LogP contribution < -0.4 is 11.0 Å². The molecule has 1 fully saturated rings. The van der Waals surface area contributed by atoms with Gasteiger partial charge in [0.25, 0.3) is 5.56 Å². The fourth-order valence-corrected chi connectivity index (χ4v) is 3.93. The molecule has 7 heteroatoms. The molecule has 1 aromatic heterocycles. The van der Waals surface area contributed by atoms with Crippen LogP contribution in [0.5, 0.6) is 0 Å². The van der Waals surface area contributed by atoms with Crippen LogP contribution in [0.2, 0.25) is 0 Å². The Hall–Kier alpha value is -3.03. The number of aromatic nitrogens is 2. The van der Waals surface area contributed by atoms with E-state index >= 15 is 0 Å². The van der Waals surface area contributed by atoms with E-state index in [9.17, 15) is 4.79 Å². The zero-order chi connectivity index (χ0) is 20.9. The summed E-state index contributed by atoms with van der Waals surface area (Å²) in [6.45, 7) is 7.58. The molecule has 0 radical (unpaired) electrons. The van der Waals surface area contributed by atoms with E-state index in [2.05, 4.69) is 32.5 Å². The maximum Gasteiger partial charge on any atom is 0.262 e. The number of anilines is 1. The van der Waals surface area contributed by atoms with Crippen molar-refractivity contribution in [3.8, 4) is 0 Å².